The SMILES string of the molecule is C/C=C(\C)C(=O)N1CCC(c2ccccc2)CC1. The van der Waals surface area contributed by atoms with Crippen molar-refractivity contribution in [3.05, 3.63) is 47.5 Å². The highest BCUT2D eigenvalue weighted by atomic mass is 16.2. The maximum atomic E-state index is 12.0. The summed E-state index contributed by atoms with van der Waals surface area (Å²) in [6.07, 6.45) is 4.05. The van der Waals surface area contributed by atoms with Gasteiger partial charge in [-0.2, -0.15) is 0 Å². The average molecular weight is 243 g/mol. The van der Waals surface area contributed by atoms with Crippen molar-refractivity contribution in [2.75, 3.05) is 13.1 Å². The van der Waals surface area contributed by atoms with E-state index in [1.165, 1.54) is 5.56 Å². The van der Waals surface area contributed by atoms with Crippen LogP contribution >= 0.6 is 0 Å². The van der Waals surface area contributed by atoms with Crippen molar-refractivity contribution in [3.8, 4) is 0 Å². The van der Waals surface area contributed by atoms with Crippen LogP contribution in [0.3, 0.4) is 0 Å². The summed E-state index contributed by atoms with van der Waals surface area (Å²) in [6, 6.07) is 10.6. The second kappa shape index (κ2) is 5.85. The van der Waals surface area contributed by atoms with E-state index in [2.05, 4.69) is 30.3 Å². The lowest BCUT2D eigenvalue weighted by Crippen LogP contribution is -2.38. The molecule has 0 spiro atoms. The van der Waals surface area contributed by atoms with E-state index < -0.39 is 0 Å². The van der Waals surface area contributed by atoms with Gasteiger partial charge in [0.1, 0.15) is 0 Å². The summed E-state index contributed by atoms with van der Waals surface area (Å²) in [7, 11) is 0. The Kier molecular flexibility index (Phi) is 4.19. The van der Waals surface area contributed by atoms with E-state index in [4.69, 9.17) is 0 Å². The van der Waals surface area contributed by atoms with Crippen LogP contribution in [0, 0.1) is 0 Å². The van der Waals surface area contributed by atoms with Gasteiger partial charge in [0.25, 0.3) is 0 Å². The van der Waals surface area contributed by atoms with Gasteiger partial charge in [0.05, 0.1) is 0 Å². The molecule has 1 aliphatic rings. The average Bonchev–Trinajstić information content (AvgIpc) is 2.47. The zero-order chi connectivity index (χ0) is 13.0. The molecule has 2 nitrogen and oxygen atoms in total. The van der Waals surface area contributed by atoms with Crippen LogP contribution in [0.2, 0.25) is 0 Å². The molecule has 1 heterocycles. The lowest BCUT2D eigenvalue weighted by atomic mass is 9.89. The first-order valence-corrected chi connectivity index (χ1v) is 6.69. The topological polar surface area (TPSA) is 20.3 Å². The van der Waals surface area contributed by atoms with Crippen molar-refractivity contribution in [2.45, 2.75) is 32.6 Å². The predicted molar refractivity (Wildman–Crippen MR) is 74.4 cm³/mol. The highest BCUT2D eigenvalue weighted by Gasteiger charge is 2.23. The molecule has 18 heavy (non-hydrogen) atoms. The molecule has 0 aliphatic carbocycles. The van der Waals surface area contributed by atoms with Crippen LogP contribution < -0.4 is 0 Å². The summed E-state index contributed by atoms with van der Waals surface area (Å²) >= 11 is 0. The summed E-state index contributed by atoms with van der Waals surface area (Å²) in [6.45, 7) is 5.57. The third-order valence-corrected chi connectivity index (χ3v) is 3.82. The molecule has 1 aromatic rings. The predicted octanol–water partition coefficient (Wildman–Crippen LogP) is 3.36. The smallest absolute Gasteiger partial charge is 0.249 e. The normalized spacial score (nSPS) is 17.9. The van der Waals surface area contributed by atoms with E-state index in [9.17, 15) is 4.79 Å². The summed E-state index contributed by atoms with van der Waals surface area (Å²) in [5.41, 5.74) is 2.26. The molecule has 96 valence electrons. The van der Waals surface area contributed by atoms with Crippen molar-refractivity contribution in [1.29, 1.82) is 0 Å². The monoisotopic (exact) mass is 243 g/mol. The molecular formula is C16H21NO. The van der Waals surface area contributed by atoms with Gasteiger partial charge in [0, 0.05) is 18.7 Å². The molecule has 0 atom stereocenters. The quantitative estimate of drug-likeness (QED) is 0.729. The highest BCUT2D eigenvalue weighted by Crippen LogP contribution is 2.28. The zero-order valence-corrected chi connectivity index (χ0v) is 11.2. The largest absolute Gasteiger partial charge is 0.339 e. The van der Waals surface area contributed by atoms with Crippen molar-refractivity contribution in [2.24, 2.45) is 0 Å². The summed E-state index contributed by atoms with van der Waals surface area (Å²) in [5.74, 6) is 0.810. The number of allylic oxidation sites excluding steroid dienone is 1. The van der Waals surface area contributed by atoms with Crippen LogP contribution in [0.5, 0.6) is 0 Å². The van der Waals surface area contributed by atoms with E-state index >= 15 is 0 Å². The number of benzene rings is 1. The Morgan fingerprint density at radius 3 is 2.39 bits per heavy atom. The van der Waals surface area contributed by atoms with E-state index in [1.54, 1.807) is 0 Å². The molecule has 0 saturated carbocycles. The second-order valence-electron chi connectivity index (χ2n) is 4.95. The molecule has 0 radical (unpaired) electrons. The van der Waals surface area contributed by atoms with Crippen LogP contribution in [0.15, 0.2) is 42.0 Å². The third kappa shape index (κ3) is 2.81. The molecule has 1 aromatic carbocycles. The van der Waals surface area contributed by atoms with Crippen LogP contribution in [-0.4, -0.2) is 23.9 Å². The highest BCUT2D eigenvalue weighted by molar-refractivity contribution is 5.92. The molecule has 1 saturated heterocycles. The molecule has 1 aliphatic heterocycles. The number of carbonyl (C=O) groups is 1. The maximum Gasteiger partial charge on any atom is 0.249 e. The van der Waals surface area contributed by atoms with Gasteiger partial charge in [-0.1, -0.05) is 36.4 Å². The van der Waals surface area contributed by atoms with Crippen LogP contribution in [-0.2, 0) is 4.79 Å². The Balaban J connectivity index is 1.95. The minimum Gasteiger partial charge on any atom is -0.339 e. The van der Waals surface area contributed by atoms with Crippen molar-refractivity contribution < 1.29 is 4.79 Å². The summed E-state index contributed by atoms with van der Waals surface area (Å²) in [5, 5.41) is 0. The summed E-state index contributed by atoms with van der Waals surface area (Å²) in [4.78, 5) is 14.0. The number of likely N-dealkylation sites (tertiary alicyclic amines) is 1. The Morgan fingerprint density at radius 2 is 1.83 bits per heavy atom. The van der Waals surface area contributed by atoms with Gasteiger partial charge in [-0.25, -0.2) is 0 Å². The molecular weight excluding hydrogens is 222 g/mol. The first-order valence-electron chi connectivity index (χ1n) is 6.69. The van der Waals surface area contributed by atoms with Gasteiger partial charge < -0.3 is 4.90 Å². The maximum absolute atomic E-state index is 12.0. The first kappa shape index (κ1) is 12.9. The first-order chi connectivity index (χ1) is 8.72. The van der Waals surface area contributed by atoms with E-state index in [0.717, 1.165) is 31.5 Å². The van der Waals surface area contributed by atoms with E-state index in [1.807, 2.05) is 24.8 Å². The standard InChI is InChI=1S/C16H21NO/c1-3-13(2)16(18)17-11-9-15(10-12-17)14-7-5-4-6-8-14/h3-8,15H,9-12H2,1-2H3/b13-3+. The number of nitrogens with zero attached hydrogens (tertiary/aromatic N) is 1. The van der Waals surface area contributed by atoms with Crippen LogP contribution in [0.1, 0.15) is 38.2 Å². The Morgan fingerprint density at radius 1 is 1.22 bits per heavy atom. The number of hydrogen-bond acceptors (Lipinski definition) is 1. The number of carbonyl (C=O) groups excluding carboxylic acids is 1. The minimum absolute atomic E-state index is 0.198. The number of amides is 1. The molecule has 0 aromatic heterocycles. The van der Waals surface area contributed by atoms with E-state index in [-0.39, 0.29) is 5.91 Å². The molecule has 2 rings (SSSR count). The van der Waals surface area contributed by atoms with Gasteiger partial charge >= 0.3 is 0 Å². The minimum atomic E-state index is 0.198. The summed E-state index contributed by atoms with van der Waals surface area (Å²) < 4.78 is 0. The lowest BCUT2D eigenvalue weighted by molar-refractivity contribution is -0.128. The number of hydrogen-bond donors (Lipinski definition) is 0. The fraction of sp³-hybridized carbons (Fsp3) is 0.438. The number of rotatable bonds is 2. The number of piperidine rings is 1. The lowest BCUT2D eigenvalue weighted by Gasteiger charge is -2.32. The fourth-order valence-electron chi connectivity index (χ4n) is 2.51. The molecule has 0 unspecified atom stereocenters. The Bertz CT molecular complexity index is 428. The van der Waals surface area contributed by atoms with Gasteiger partial charge in [0.15, 0.2) is 0 Å². The second-order valence-corrected chi connectivity index (χ2v) is 4.95. The Hall–Kier alpha value is -1.57. The molecule has 0 bridgehead atoms. The molecule has 1 amide bonds. The third-order valence-electron chi connectivity index (χ3n) is 3.82. The van der Waals surface area contributed by atoms with Gasteiger partial charge in [-0.15, -0.1) is 0 Å². The van der Waals surface area contributed by atoms with Crippen molar-refractivity contribution in [1.82, 2.24) is 4.90 Å². The van der Waals surface area contributed by atoms with Crippen molar-refractivity contribution in [3.63, 3.8) is 0 Å². The zero-order valence-electron chi connectivity index (χ0n) is 11.2. The van der Waals surface area contributed by atoms with Crippen molar-refractivity contribution >= 4 is 5.91 Å². The van der Waals surface area contributed by atoms with Gasteiger partial charge in [-0.3, -0.25) is 4.79 Å². The van der Waals surface area contributed by atoms with E-state index in [0.29, 0.717) is 5.92 Å². The fourth-order valence-corrected chi connectivity index (χ4v) is 2.51. The van der Waals surface area contributed by atoms with Gasteiger partial charge in [-0.05, 0) is 38.2 Å². The molecule has 0 N–H and O–H groups in total. The Labute approximate surface area is 109 Å². The molecule has 1 fully saturated rings. The molecule has 2 heteroatoms. The van der Waals surface area contributed by atoms with Crippen LogP contribution in [0.4, 0.5) is 0 Å². The van der Waals surface area contributed by atoms with Gasteiger partial charge in [0.2, 0.25) is 5.91 Å². The van der Waals surface area contributed by atoms with Crippen LogP contribution in [0.25, 0.3) is 0 Å².